The number of rotatable bonds is 5. The van der Waals surface area contributed by atoms with E-state index in [1.165, 1.54) is 36.0 Å². The standard InChI is InChI=1S/C19H21F4N5O3/c1-3-14-16(28(30)31)17(26(2)25-14)27-9-8-13(11-4-6-12(20)7-5-11)15(10-27)24-18(29)19(21,22)23/h4-7,13,15H,3,8-10H2,1-2H3,(H,24,29). The van der Waals surface area contributed by atoms with Crippen LogP contribution < -0.4 is 10.2 Å². The summed E-state index contributed by atoms with van der Waals surface area (Å²) in [6.45, 7) is 1.89. The molecule has 1 saturated heterocycles. The lowest BCUT2D eigenvalue weighted by Gasteiger charge is -2.39. The van der Waals surface area contributed by atoms with Gasteiger partial charge in [0, 0.05) is 26.1 Å². The fourth-order valence-corrected chi connectivity index (χ4v) is 3.99. The van der Waals surface area contributed by atoms with Crippen molar-refractivity contribution < 1.29 is 27.3 Å². The molecule has 2 unspecified atom stereocenters. The van der Waals surface area contributed by atoms with E-state index in [9.17, 15) is 32.5 Å². The number of benzene rings is 1. The Morgan fingerprint density at radius 3 is 2.52 bits per heavy atom. The summed E-state index contributed by atoms with van der Waals surface area (Å²) in [5.74, 6) is -2.94. The first-order chi connectivity index (χ1) is 14.5. The van der Waals surface area contributed by atoms with Gasteiger partial charge in [-0.25, -0.2) is 9.07 Å². The second kappa shape index (κ2) is 8.52. The molecule has 1 aliphatic heterocycles. The molecule has 0 aliphatic carbocycles. The van der Waals surface area contributed by atoms with Gasteiger partial charge in [0.15, 0.2) is 0 Å². The van der Waals surface area contributed by atoms with Crippen LogP contribution in [0, 0.1) is 15.9 Å². The number of amides is 1. The number of carbonyl (C=O) groups excluding carboxylic acids is 1. The Bertz CT molecular complexity index is 974. The number of aromatic nitrogens is 2. The highest BCUT2D eigenvalue weighted by molar-refractivity contribution is 5.82. The summed E-state index contributed by atoms with van der Waals surface area (Å²) in [4.78, 5) is 24.3. The molecule has 1 N–H and O–H groups in total. The normalized spacial score (nSPS) is 19.4. The minimum absolute atomic E-state index is 0.104. The minimum atomic E-state index is -5.08. The van der Waals surface area contributed by atoms with Gasteiger partial charge in [-0.1, -0.05) is 19.1 Å². The highest BCUT2D eigenvalue weighted by atomic mass is 19.4. The zero-order valence-corrected chi connectivity index (χ0v) is 16.8. The lowest BCUT2D eigenvalue weighted by atomic mass is 9.85. The van der Waals surface area contributed by atoms with Crippen LogP contribution in [0.25, 0.3) is 0 Å². The fraction of sp³-hybridized carbons (Fsp3) is 0.474. The first kappa shape index (κ1) is 22.5. The van der Waals surface area contributed by atoms with E-state index in [2.05, 4.69) is 5.10 Å². The number of hydrogen-bond donors (Lipinski definition) is 1. The number of nitrogens with zero attached hydrogens (tertiary/aromatic N) is 4. The summed E-state index contributed by atoms with van der Waals surface area (Å²) in [5, 5.41) is 17.8. The maximum atomic E-state index is 13.3. The van der Waals surface area contributed by atoms with Gasteiger partial charge in [0.2, 0.25) is 5.82 Å². The van der Waals surface area contributed by atoms with Crippen LogP contribution >= 0.6 is 0 Å². The van der Waals surface area contributed by atoms with E-state index in [1.807, 2.05) is 5.32 Å². The molecule has 31 heavy (non-hydrogen) atoms. The van der Waals surface area contributed by atoms with Gasteiger partial charge in [-0.15, -0.1) is 0 Å². The van der Waals surface area contributed by atoms with Crippen LogP contribution in [0.2, 0.25) is 0 Å². The third kappa shape index (κ3) is 4.62. The van der Waals surface area contributed by atoms with Crippen molar-refractivity contribution >= 4 is 17.4 Å². The van der Waals surface area contributed by atoms with E-state index < -0.39 is 34.8 Å². The molecule has 168 valence electrons. The molecule has 1 aromatic heterocycles. The largest absolute Gasteiger partial charge is 0.471 e. The predicted molar refractivity (Wildman–Crippen MR) is 103 cm³/mol. The number of alkyl halides is 3. The molecule has 1 fully saturated rings. The maximum absolute atomic E-state index is 13.3. The molecule has 1 amide bonds. The van der Waals surface area contributed by atoms with Gasteiger partial charge >= 0.3 is 17.8 Å². The van der Waals surface area contributed by atoms with Crippen LogP contribution in [0.5, 0.6) is 0 Å². The SMILES string of the molecule is CCc1nn(C)c(N2CCC(c3ccc(F)cc3)C(NC(=O)C(F)(F)F)C2)c1[N+](=O)[O-]. The smallest absolute Gasteiger partial charge is 0.349 e. The molecule has 0 saturated carbocycles. The van der Waals surface area contributed by atoms with Crippen LogP contribution in [-0.4, -0.2) is 45.9 Å². The zero-order valence-electron chi connectivity index (χ0n) is 16.8. The summed E-state index contributed by atoms with van der Waals surface area (Å²) >= 11 is 0. The molecule has 0 bridgehead atoms. The Morgan fingerprint density at radius 1 is 1.32 bits per heavy atom. The van der Waals surface area contributed by atoms with Crippen molar-refractivity contribution in [1.82, 2.24) is 15.1 Å². The predicted octanol–water partition coefficient (Wildman–Crippen LogP) is 3.07. The van der Waals surface area contributed by atoms with E-state index in [0.29, 0.717) is 12.0 Å². The van der Waals surface area contributed by atoms with Gasteiger partial charge in [-0.05, 0) is 30.5 Å². The lowest BCUT2D eigenvalue weighted by molar-refractivity contribution is -0.384. The van der Waals surface area contributed by atoms with Crippen LogP contribution in [0.15, 0.2) is 24.3 Å². The number of nitrogens with one attached hydrogen (secondary N) is 1. The van der Waals surface area contributed by atoms with Gasteiger partial charge in [-0.3, -0.25) is 14.9 Å². The van der Waals surface area contributed by atoms with Crippen molar-refractivity contribution in [2.75, 3.05) is 18.0 Å². The quantitative estimate of drug-likeness (QED) is 0.436. The highest BCUT2D eigenvalue weighted by Gasteiger charge is 2.43. The van der Waals surface area contributed by atoms with Crippen LogP contribution in [-0.2, 0) is 18.3 Å². The molecule has 2 aromatic rings. The highest BCUT2D eigenvalue weighted by Crippen LogP contribution is 2.37. The number of carbonyl (C=O) groups is 1. The van der Waals surface area contributed by atoms with E-state index in [1.54, 1.807) is 11.8 Å². The first-order valence-corrected chi connectivity index (χ1v) is 9.61. The van der Waals surface area contributed by atoms with Crippen LogP contribution in [0.3, 0.4) is 0 Å². The Morgan fingerprint density at radius 2 is 1.97 bits per heavy atom. The molecular formula is C19H21F4N5O3. The number of aryl methyl sites for hydroxylation is 2. The van der Waals surface area contributed by atoms with Gasteiger partial charge in [-0.2, -0.15) is 18.3 Å². The van der Waals surface area contributed by atoms with Gasteiger partial charge < -0.3 is 10.2 Å². The molecule has 12 heteroatoms. The van der Waals surface area contributed by atoms with Crippen LogP contribution in [0.1, 0.15) is 30.5 Å². The van der Waals surface area contributed by atoms with Crippen molar-refractivity contribution in [3.05, 3.63) is 51.5 Å². The molecule has 2 heterocycles. The fourth-order valence-electron chi connectivity index (χ4n) is 3.99. The monoisotopic (exact) mass is 443 g/mol. The number of hydrogen-bond acceptors (Lipinski definition) is 5. The first-order valence-electron chi connectivity index (χ1n) is 9.61. The molecule has 3 rings (SSSR count). The third-order valence-corrected chi connectivity index (χ3v) is 5.36. The molecule has 0 spiro atoms. The molecule has 1 aliphatic rings. The average Bonchev–Trinajstić information content (AvgIpc) is 3.04. The molecule has 0 radical (unpaired) electrons. The van der Waals surface area contributed by atoms with E-state index in [-0.39, 0.29) is 36.7 Å². The minimum Gasteiger partial charge on any atom is -0.349 e. The van der Waals surface area contributed by atoms with E-state index in [4.69, 9.17) is 0 Å². The van der Waals surface area contributed by atoms with Crippen LogP contribution in [0.4, 0.5) is 29.1 Å². The van der Waals surface area contributed by atoms with Crippen molar-refractivity contribution in [3.63, 3.8) is 0 Å². The lowest BCUT2D eigenvalue weighted by Crippen LogP contribution is -2.54. The van der Waals surface area contributed by atoms with E-state index in [0.717, 1.165) is 0 Å². The average molecular weight is 443 g/mol. The summed E-state index contributed by atoms with van der Waals surface area (Å²) in [6.07, 6.45) is -4.48. The molecule has 1 aromatic carbocycles. The Labute approximate surface area is 175 Å². The number of halogens is 4. The van der Waals surface area contributed by atoms with Crippen molar-refractivity contribution in [1.29, 1.82) is 0 Å². The zero-order chi connectivity index (χ0) is 22.9. The summed E-state index contributed by atoms with van der Waals surface area (Å²) in [5.41, 5.74) is 0.632. The second-order valence-corrected chi connectivity index (χ2v) is 7.32. The second-order valence-electron chi connectivity index (χ2n) is 7.32. The van der Waals surface area contributed by atoms with Crippen molar-refractivity contribution in [3.8, 4) is 0 Å². The maximum Gasteiger partial charge on any atom is 0.471 e. The molecular weight excluding hydrogens is 422 g/mol. The number of anilines is 1. The van der Waals surface area contributed by atoms with Gasteiger partial charge in [0.25, 0.3) is 0 Å². The summed E-state index contributed by atoms with van der Waals surface area (Å²) < 4.78 is 53.4. The third-order valence-electron chi connectivity index (χ3n) is 5.36. The molecule has 2 atom stereocenters. The van der Waals surface area contributed by atoms with Crippen molar-refractivity contribution in [2.45, 2.75) is 37.9 Å². The van der Waals surface area contributed by atoms with Gasteiger partial charge in [0.1, 0.15) is 11.5 Å². The summed E-state index contributed by atoms with van der Waals surface area (Å²) in [7, 11) is 1.52. The number of piperidine rings is 1. The summed E-state index contributed by atoms with van der Waals surface area (Å²) in [6, 6.07) is 4.31. The number of nitro groups is 1. The van der Waals surface area contributed by atoms with E-state index >= 15 is 0 Å². The Hall–Kier alpha value is -3.18. The van der Waals surface area contributed by atoms with Gasteiger partial charge in [0.05, 0.1) is 11.0 Å². The Kier molecular flexibility index (Phi) is 6.18. The molecule has 8 nitrogen and oxygen atoms in total. The topological polar surface area (TPSA) is 93.3 Å². The Balaban J connectivity index is 1.96. The van der Waals surface area contributed by atoms with Crippen molar-refractivity contribution in [2.24, 2.45) is 7.05 Å².